The maximum atomic E-state index is 5.72. The second-order valence-electron chi connectivity index (χ2n) is 3.50. The van der Waals surface area contributed by atoms with Gasteiger partial charge >= 0.3 is 26.2 Å². The van der Waals surface area contributed by atoms with E-state index in [0.717, 1.165) is 5.75 Å². The summed E-state index contributed by atoms with van der Waals surface area (Å²) in [5, 5.41) is 2.49. The van der Waals surface area contributed by atoms with E-state index < -0.39 is 0 Å². The number of allylic oxidation sites excluding steroid dienone is 1. The van der Waals surface area contributed by atoms with Crippen LogP contribution in [0.1, 0.15) is 12.5 Å². The van der Waals surface area contributed by atoms with E-state index >= 15 is 0 Å². The molecule has 0 saturated heterocycles. The third kappa shape index (κ3) is 2.22. The van der Waals surface area contributed by atoms with Crippen molar-refractivity contribution in [2.75, 3.05) is 0 Å². The second-order valence-corrected chi connectivity index (χ2v) is 3.50. The fraction of sp³-hybridized carbons (Fsp3) is 0.143. The van der Waals surface area contributed by atoms with Crippen LogP contribution in [0.4, 0.5) is 0 Å². The SMILES string of the molecule is CC1C=c2ccc3c(c2O1)C=CC=3.[CH3-].[CH3-].[Zr+2]. The maximum absolute atomic E-state index is 5.72. The quantitative estimate of drug-likeness (QED) is 0.664. The van der Waals surface area contributed by atoms with Gasteiger partial charge in [-0.25, -0.2) is 0 Å². The van der Waals surface area contributed by atoms with Crippen molar-refractivity contribution in [3.8, 4) is 5.75 Å². The molecule has 3 rings (SSSR count). The Bertz CT molecular complexity index is 514. The zero-order chi connectivity index (χ0) is 8.84. The van der Waals surface area contributed by atoms with E-state index in [-0.39, 0.29) is 47.2 Å². The molecule has 1 nitrogen and oxygen atoms in total. The van der Waals surface area contributed by atoms with Crippen molar-refractivity contribution in [1.29, 1.82) is 0 Å². The topological polar surface area (TPSA) is 9.23 Å². The first-order valence-corrected chi connectivity index (χ1v) is 4.54. The zero-order valence-corrected chi connectivity index (χ0v) is 12.4. The minimum atomic E-state index is 0. The molecule has 0 saturated carbocycles. The van der Waals surface area contributed by atoms with Crippen LogP contribution in [0.25, 0.3) is 18.2 Å². The Kier molecular flexibility index (Phi) is 5.42. The molecule has 0 N–H and O–H groups in total. The van der Waals surface area contributed by atoms with Crippen molar-refractivity contribution in [2.24, 2.45) is 0 Å². The Hall–Kier alpha value is -0.617. The molecule has 1 aromatic carbocycles. The Balaban J connectivity index is 0.000000750. The summed E-state index contributed by atoms with van der Waals surface area (Å²) in [5.74, 6) is 1.05. The first-order valence-electron chi connectivity index (χ1n) is 4.54. The molecular weight excluding hydrogens is 275 g/mol. The molecule has 1 atom stereocenters. The number of hydrogen-bond acceptors (Lipinski definition) is 1. The first kappa shape index (κ1) is 15.4. The van der Waals surface area contributed by atoms with Gasteiger partial charge in [0.15, 0.2) is 0 Å². The average molecular weight is 292 g/mol. The molecule has 16 heavy (non-hydrogen) atoms. The van der Waals surface area contributed by atoms with Gasteiger partial charge in [-0.15, -0.1) is 0 Å². The Morgan fingerprint density at radius 2 is 1.81 bits per heavy atom. The van der Waals surface area contributed by atoms with E-state index in [1.165, 1.54) is 16.0 Å². The van der Waals surface area contributed by atoms with Crippen molar-refractivity contribution >= 4 is 18.2 Å². The molecule has 2 aliphatic rings. The third-order valence-corrected chi connectivity index (χ3v) is 2.52. The van der Waals surface area contributed by atoms with Gasteiger partial charge in [-0.2, -0.15) is 0 Å². The van der Waals surface area contributed by atoms with E-state index in [1.54, 1.807) is 0 Å². The van der Waals surface area contributed by atoms with Gasteiger partial charge in [0.1, 0.15) is 11.9 Å². The van der Waals surface area contributed by atoms with Gasteiger partial charge in [-0.3, -0.25) is 0 Å². The van der Waals surface area contributed by atoms with E-state index in [4.69, 9.17) is 4.74 Å². The van der Waals surface area contributed by atoms with E-state index in [0.29, 0.717) is 0 Å². The molecule has 1 aromatic rings. The maximum Gasteiger partial charge on any atom is 2.00 e. The summed E-state index contributed by atoms with van der Waals surface area (Å²) >= 11 is 0. The number of ether oxygens (including phenoxy) is 1. The van der Waals surface area contributed by atoms with Crippen molar-refractivity contribution < 1.29 is 30.9 Å². The van der Waals surface area contributed by atoms with Gasteiger partial charge in [-0.05, 0) is 18.2 Å². The summed E-state index contributed by atoms with van der Waals surface area (Å²) in [6.45, 7) is 2.06. The van der Waals surface area contributed by atoms with Crippen LogP contribution in [0.15, 0.2) is 18.2 Å². The van der Waals surface area contributed by atoms with Crippen LogP contribution in [0.3, 0.4) is 0 Å². The molecule has 82 valence electrons. The van der Waals surface area contributed by atoms with Crippen LogP contribution in [-0.2, 0) is 26.2 Å². The van der Waals surface area contributed by atoms with E-state index in [1.807, 2.05) is 0 Å². The Morgan fingerprint density at radius 3 is 2.56 bits per heavy atom. The molecule has 1 heterocycles. The van der Waals surface area contributed by atoms with Crippen molar-refractivity contribution in [2.45, 2.75) is 13.0 Å². The van der Waals surface area contributed by atoms with Crippen LogP contribution in [-0.4, -0.2) is 6.10 Å². The number of rotatable bonds is 0. The smallest absolute Gasteiger partial charge is 0.485 e. The first-order chi connectivity index (χ1) is 6.34. The van der Waals surface area contributed by atoms with Crippen LogP contribution >= 0.6 is 0 Å². The van der Waals surface area contributed by atoms with Crippen LogP contribution < -0.4 is 15.2 Å². The molecular formula is C14H16OZr. The van der Waals surface area contributed by atoms with Crippen molar-refractivity contribution in [3.05, 3.63) is 49.1 Å². The van der Waals surface area contributed by atoms with Gasteiger partial charge in [0.25, 0.3) is 0 Å². The molecule has 0 aromatic heterocycles. The molecule has 0 fully saturated rings. The monoisotopic (exact) mass is 290 g/mol. The molecule has 1 unspecified atom stereocenters. The summed E-state index contributed by atoms with van der Waals surface area (Å²) in [4.78, 5) is 0. The normalized spacial score (nSPS) is 17.4. The minimum Gasteiger partial charge on any atom is -0.485 e. The fourth-order valence-corrected chi connectivity index (χ4v) is 1.93. The minimum absolute atomic E-state index is 0. The van der Waals surface area contributed by atoms with Gasteiger partial charge < -0.3 is 19.6 Å². The predicted octanol–water partition coefficient (Wildman–Crippen LogP) is 1.95. The standard InChI is InChI=1S/C12H10O.2CH3.Zr/c1-8-7-10-6-5-9-3-2-4-11(9)12(10)13-8;;;/h2-8H,1H3;2*1H3;/q;2*-1;+2. The average Bonchev–Trinajstić information content (AvgIpc) is 2.65. The predicted molar refractivity (Wildman–Crippen MR) is 66.6 cm³/mol. The van der Waals surface area contributed by atoms with Crippen LogP contribution in [0.5, 0.6) is 5.75 Å². The van der Waals surface area contributed by atoms with Crippen molar-refractivity contribution in [3.63, 3.8) is 0 Å². The van der Waals surface area contributed by atoms with Gasteiger partial charge in [0.05, 0.1) is 0 Å². The van der Waals surface area contributed by atoms with Gasteiger partial charge in [0, 0.05) is 10.8 Å². The van der Waals surface area contributed by atoms with E-state index in [9.17, 15) is 0 Å². The van der Waals surface area contributed by atoms with E-state index in [2.05, 4.69) is 43.4 Å². The molecule has 1 aliphatic heterocycles. The Labute approximate surface area is 117 Å². The van der Waals surface area contributed by atoms with Gasteiger partial charge in [0.2, 0.25) is 0 Å². The third-order valence-electron chi connectivity index (χ3n) is 2.52. The Morgan fingerprint density at radius 1 is 1.12 bits per heavy atom. The number of hydrogen-bond donors (Lipinski definition) is 0. The largest absolute Gasteiger partial charge is 2.00 e. The summed E-state index contributed by atoms with van der Waals surface area (Å²) in [6.07, 6.45) is 8.66. The molecule has 2 heteroatoms. The molecule has 0 spiro atoms. The molecule has 0 bridgehead atoms. The summed E-state index contributed by atoms with van der Waals surface area (Å²) in [5.41, 5.74) is 1.23. The number of benzene rings is 1. The van der Waals surface area contributed by atoms with Crippen LogP contribution in [0, 0.1) is 14.9 Å². The van der Waals surface area contributed by atoms with Crippen molar-refractivity contribution in [1.82, 2.24) is 0 Å². The summed E-state index contributed by atoms with van der Waals surface area (Å²) in [7, 11) is 0. The molecule has 1 aliphatic carbocycles. The molecule has 0 radical (unpaired) electrons. The summed E-state index contributed by atoms with van der Waals surface area (Å²) in [6, 6.07) is 4.27. The van der Waals surface area contributed by atoms with Crippen LogP contribution in [0.2, 0.25) is 0 Å². The van der Waals surface area contributed by atoms with Gasteiger partial charge in [-0.1, -0.05) is 30.4 Å². The second kappa shape index (κ2) is 5.63. The molecule has 0 amide bonds. The summed E-state index contributed by atoms with van der Waals surface area (Å²) < 4.78 is 5.72. The fourth-order valence-electron chi connectivity index (χ4n) is 1.93. The zero-order valence-electron chi connectivity index (χ0n) is 9.95. The number of fused-ring (bicyclic) bond motifs is 3.